The Balaban J connectivity index is 2.64. The normalized spacial score (nSPS) is 12.5. The zero-order valence-corrected chi connectivity index (χ0v) is 9.75. The van der Waals surface area contributed by atoms with E-state index >= 15 is 0 Å². The summed E-state index contributed by atoms with van der Waals surface area (Å²) in [5.41, 5.74) is 6.63. The predicted molar refractivity (Wildman–Crippen MR) is 62.2 cm³/mol. The minimum Gasteiger partial charge on any atom is -0.321 e. The van der Waals surface area contributed by atoms with Crippen molar-refractivity contribution >= 4 is 38.0 Å². The lowest BCUT2D eigenvalue weighted by Crippen LogP contribution is -2.28. The highest BCUT2D eigenvalue weighted by molar-refractivity contribution is 14.1. The van der Waals surface area contributed by atoms with Gasteiger partial charge in [-0.2, -0.15) is 0 Å². The van der Waals surface area contributed by atoms with Gasteiger partial charge in [-0.15, -0.1) is 0 Å². The third-order valence-corrected chi connectivity index (χ3v) is 2.71. The molecule has 0 spiro atoms. The predicted octanol–water partition coefficient (Wildman–Crippen LogP) is 2.17. The summed E-state index contributed by atoms with van der Waals surface area (Å²) < 4.78 is -0.0208. The fourth-order valence-electron chi connectivity index (χ4n) is 0.955. The molecule has 1 aromatic rings. The zero-order chi connectivity index (χ0) is 9.84. The van der Waals surface area contributed by atoms with Gasteiger partial charge in [0.05, 0.1) is 6.04 Å². The monoisotopic (exact) mass is 309 g/mol. The van der Waals surface area contributed by atoms with Crippen LogP contribution in [0.1, 0.15) is 5.56 Å². The molecule has 0 bridgehead atoms. The molecule has 0 aliphatic heterocycles. The average molecular weight is 310 g/mol. The first-order chi connectivity index (χ1) is 6.09. The summed E-state index contributed by atoms with van der Waals surface area (Å²) in [7, 11) is 0. The van der Waals surface area contributed by atoms with E-state index in [9.17, 15) is 4.79 Å². The molecule has 0 saturated heterocycles. The van der Waals surface area contributed by atoms with Crippen LogP contribution in [0.25, 0.3) is 0 Å². The molecule has 4 heteroatoms. The fourth-order valence-corrected chi connectivity index (χ4v) is 1.30. The standard InChI is InChI=1S/C9H9ClINO/c10-7-3-1-6(2-4-7)5-8(12)9(11)13/h1-4,8H,5,12H2/t8-/m0/s1. The van der Waals surface area contributed by atoms with Crippen molar-refractivity contribution in [2.75, 3.05) is 0 Å². The molecule has 0 saturated carbocycles. The van der Waals surface area contributed by atoms with Gasteiger partial charge in [0.25, 0.3) is 0 Å². The van der Waals surface area contributed by atoms with Gasteiger partial charge >= 0.3 is 0 Å². The third-order valence-electron chi connectivity index (χ3n) is 1.66. The Morgan fingerprint density at radius 1 is 1.46 bits per heavy atom. The van der Waals surface area contributed by atoms with Crippen LogP contribution in [-0.2, 0) is 11.2 Å². The highest BCUT2D eigenvalue weighted by Crippen LogP contribution is 2.11. The molecule has 13 heavy (non-hydrogen) atoms. The Hall–Kier alpha value is -0.130. The maximum atomic E-state index is 10.9. The molecule has 1 atom stereocenters. The van der Waals surface area contributed by atoms with Crippen LogP contribution in [-0.4, -0.2) is 9.83 Å². The van der Waals surface area contributed by atoms with Crippen LogP contribution in [0.15, 0.2) is 24.3 Å². The Morgan fingerprint density at radius 2 is 2.00 bits per heavy atom. The van der Waals surface area contributed by atoms with Crippen LogP contribution in [0.5, 0.6) is 0 Å². The van der Waals surface area contributed by atoms with Gasteiger partial charge < -0.3 is 5.73 Å². The Morgan fingerprint density at radius 3 is 2.46 bits per heavy atom. The van der Waals surface area contributed by atoms with E-state index in [1.54, 1.807) is 34.7 Å². The third kappa shape index (κ3) is 3.62. The number of carbonyl (C=O) groups is 1. The SMILES string of the molecule is N[C@@H](Cc1ccc(Cl)cc1)C(=O)I. The van der Waals surface area contributed by atoms with E-state index in [1.165, 1.54) is 0 Å². The van der Waals surface area contributed by atoms with E-state index in [1.807, 2.05) is 12.1 Å². The quantitative estimate of drug-likeness (QED) is 0.687. The van der Waals surface area contributed by atoms with Crippen molar-refractivity contribution in [2.45, 2.75) is 12.5 Å². The molecule has 70 valence electrons. The number of halogens is 2. The zero-order valence-electron chi connectivity index (χ0n) is 6.84. The molecular weight excluding hydrogens is 300 g/mol. The molecule has 0 aromatic heterocycles. The van der Waals surface area contributed by atoms with Crippen LogP contribution in [0, 0.1) is 0 Å². The second kappa shape index (κ2) is 4.93. The summed E-state index contributed by atoms with van der Waals surface area (Å²) in [6.07, 6.45) is 0.568. The summed E-state index contributed by atoms with van der Waals surface area (Å²) in [6.45, 7) is 0. The van der Waals surface area contributed by atoms with E-state index in [4.69, 9.17) is 17.3 Å². The van der Waals surface area contributed by atoms with Crippen molar-refractivity contribution in [1.29, 1.82) is 0 Å². The first kappa shape index (κ1) is 10.9. The van der Waals surface area contributed by atoms with Crippen LogP contribution >= 0.6 is 34.2 Å². The number of benzene rings is 1. The van der Waals surface area contributed by atoms with E-state index in [0.717, 1.165) is 5.56 Å². The highest BCUT2D eigenvalue weighted by Gasteiger charge is 2.09. The fraction of sp³-hybridized carbons (Fsp3) is 0.222. The minimum atomic E-state index is -0.415. The minimum absolute atomic E-state index is 0.0208. The molecule has 0 radical (unpaired) electrons. The van der Waals surface area contributed by atoms with E-state index in [2.05, 4.69) is 0 Å². The lowest BCUT2D eigenvalue weighted by atomic mass is 10.1. The number of hydrogen-bond donors (Lipinski definition) is 1. The van der Waals surface area contributed by atoms with E-state index < -0.39 is 6.04 Å². The summed E-state index contributed by atoms with van der Waals surface area (Å²) in [5.74, 6) is 0. The van der Waals surface area contributed by atoms with Crippen molar-refractivity contribution in [3.63, 3.8) is 0 Å². The number of rotatable bonds is 3. The highest BCUT2D eigenvalue weighted by atomic mass is 127. The van der Waals surface area contributed by atoms with Crippen molar-refractivity contribution in [3.8, 4) is 0 Å². The Bertz CT molecular complexity index is 299. The number of carbonyl (C=O) groups excluding carboxylic acids is 1. The van der Waals surface area contributed by atoms with Gasteiger partial charge in [0.2, 0.25) is 3.79 Å². The number of nitrogens with two attached hydrogens (primary N) is 1. The first-order valence-electron chi connectivity index (χ1n) is 3.79. The van der Waals surface area contributed by atoms with Gasteiger partial charge in [-0.25, -0.2) is 0 Å². The van der Waals surface area contributed by atoms with Crippen LogP contribution in [0.4, 0.5) is 0 Å². The first-order valence-corrected chi connectivity index (χ1v) is 5.24. The molecule has 1 aromatic carbocycles. The average Bonchev–Trinajstić information content (AvgIpc) is 2.08. The van der Waals surface area contributed by atoms with Gasteiger partial charge in [-0.3, -0.25) is 4.79 Å². The van der Waals surface area contributed by atoms with Crippen LogP contribution in [0.3, 0.4) is 0 Å². The van der Waals surface area contributed by atoms with Gasteiger partial charge in [0, 0.05) is 27.6 Å². The van der Waals surface area contributed by atoms with Gasteiger partial charge in [0.1, 0.15) is 0 Å². The largest absolute Gasteiger partial charge is 0.321 e. The second-order valence-corrected chi connectivity index (χ2v) is 4.24. The van der Waals surface area contributed by atoms with Crippen molar-refractivity contribution in [3.05, 3.63) is 34.9 Å². The molecule has 0 amide bonds. The Kier molecular flexibility index (Phi) is 4.15. The van der Waals surface area contributed by atoms with Gasteiger partial charge in [0.15, 0.2) is 0 Å². The molecule has 0 aliphatic rings. The van der Waals surface area contributed by atoms with E-state index in [-0.39, 0.29) is 3.79 Å². The topological polar surface area (TPSA) is 43.1 Å². The molecule has 0 heterocycles. The smallest absolute Gasteiger partial charge is 0.209 e. The molecular formula is C9H9ClINO. The Labute approximate surface area is 95.6 Å². The summed E-state index contributed by atoms with van der Waals surface area (Å²) in [6, 6.07) is 6.92. The van der Waals surface area contributed by atoms with Gasteiger partial charge in [-0.1, -0.05) is 23.7 Å². The molecule has 0 unspecified atom stereocenters. The number of hydrogen-bond acceptors (Lipinski definition) is 2. The van der Waals surface area contributed by atoms with Crippen molar-refractivity contribution in [2.24, 2.45) is 5.73 Å². The van der Waals surface area contributed by atoms with Gasteiger partial charge in [-0.05, 0) is 24.1 Å². The molecule has 2 nitrogen and oxygen atoms in total. The van der Waals surface area contributed by atoms with E-state index in [0.29, 0.717) is 11.4 Å². The second-order valence-electron chi connectivity index (χ2n) is 2.74. The lowest BCUT2D eigenvalue weighted by molar-refractivity contribution is -0.110. The summed E-state index contributed by atoms with van der Waals surface area (Å²) in [4.78, 5) is 10.9. The summed E-state index contributed by atoms with van der Waals surface area (Å²) in [5, 5.41) is 0.693. The molecule has 0 aliphatic carbocycles. The molecule has 2 N–H and O–H groups in total. The molecule has 1 rings (SSSR count). The van der Waals surface area contributed by atoms with Crippen molar-refractivity contribution < 1.29 is 4.79 Å². The summed E-state index contributed by atoms with van der Waals surface area (Å²) >= 11 is 7.42. The maximum absolute atomic E-state index is 10.9. The molecule has 0 fully saturated rings. The van der Waals surface area contributed by atoms with Crippen LogP contribution < -0.4 is 5.73 Å². The maximum Gasteiger partial charge on any atom is 0.209 e. The lowest BCUT2D eigenvalue weighted by Gasteiger charge is -2.05. The van der Waals surface area contributed by atoms with Crippen molar-refractivity contribution in [1.82, 2.24) is 0 Å². The van der Waals surface area contributed by atoms with Crippen LogP contribution in [0.2, 0.25) is 5.02 Å².